The van der Waals surface area contributed by atoms with Crippen molar-refractivity contribution < 1.29 is 14.3 Å². The Balaban J connectivity index is 2.61. The Kier molecular flexibility index (Phi) is 5.80. The fraction of sp³-hybridized carbons (Fsp3) is 0.417. The van der Waals surface area contributed by atoms with Crippen molar-refractivity contribution >= 4 is 23.4 Å². The standard InChI is InChI=1S/C12H16ClNO3/c1-9-4-3-5-11(10(9)8-13)14-12(15)17-7-6-16-2/h3-5H,6-8H2,1-2H3,(H,14,15). The van der Waals surface area contributed by atoms with Gasteiger partial charge in [0, 0.05) is 18.7 Å². The second-order valence-corrected chi connectivity index (χ2v) is 3.76. The van der Waals surface area contributed by atoms with Crippen molar-refractivity contribution in [2.24, 2.45) is 0 Å². The molecule has 1 rings (SSSR count). The molecule has 1 N–H and O–H groups in total. The van der Waals surface area contributed by atoms with E-state index in [1.807, 2.05) is 19.1 Å². The minimum atomic E-state index is -0.501. The number of hydrogen-bond donors (Lipinski definition) is 1. The lowest BCUT2D eigenvalue weighted by molar-refractivity contribution is 0.107. The van der Waals surface area contributed by atoms with Gasteiger partial charge in [-0.3, -0.25) is 5.32 Å². The molecule has 17 heavy (non-hydrogen) atoms. The fourth-order valence-electron chi connectivity index (χ4n) is 1.36. The summed E-state index contributed by atoms with van der Waals surface area (Å²) in [5.74, 6) is 0.348. The molecule has 94 valence electrons. The largest absolute Gasteiger partial charge is 0.447 e. The topological polar surface area (TPSA) is 47.6 Å². The molecule has 0 atom stereocenters. The molecule has 0 aromatic heterocycles. The van der Waals surface area contributed by atoms with Crippen LogP contribution < -0.4 is 5.32 Å². The Morgan fingerprint density at radius 3 is 2.82 bits per heavy atom. The molecule has 0 spiro atoms. The van der Waals surface area contributed by atoms with Gasteiger partial charge in [0.05, 0.1) is 6.61 Å². The molecule has 1 aromatic carbocycles. The lowest BCUT2D eigenvalue weighted by atomic mass is 10.1. The van der Waals surface area contributed by atoms with Crippen LogP contribution in [0.4, 0.5) is 10.5 Å². The van der Waals surface area contributed by atoms with Crippen molar-refractivity contribution in [3.05, 3.63) is 29.3 Å². The molecule has 0 aliphatic carbocycles. The van der Waals surface area contributed by atoms with Gasteiger partial charge in [-0.15, -0.1) is 11.6 Å². The Labute approximate surface area is 106 Å². The number of halogens is 1. The summed E-state index contributed by atoms with van der Waals surface area (Å²) in [6, 6.07) is 5.59. The van der Waals surface area contributed by atoms with Gasteiger partial charge in [0.15, 0.2) is 0 Å². The van der Waals surface area contributed by atoms with Gasteiger partial charge in [-0.25, -0.2) is 4.79 Å². The number of benzene rings is 1. The van der Waals surface area contributed by atoms with E-state index in [0.29, 0.717) is 18.2 Å². The molecule has 5 heteroatoms. The maximum Gasteiger partial charge on any atom is 0.411 e. The summed E-state index contributed by atoms with van der Waals surface area (Å²) in [4.78, 5) is 11.4. The van der Waals surface area contributed by atoms with Crippen LogP contribution in [0.2, 0.25) is 0 Å². The molecule has 0 fully saturated rings. The van der Waals surface area contributed by atoms with E-state index in [9.17, 15) is 4.79 Å². The molecule has 0 saturated heterocycles. The van der Waals surface area contributed by atoms with Crippen LogP contribution in [-0.4, -0.2) is 26.4 Å². The van der Waals surface area contributed by atoms with Gasteiger partial charge in [-0.1, -0.05) is 12.1 Å². The molecule has 1 amide bonds. The Hall–Kier alpha value is -1.26. The van der Waals surface area contributed by atoms with Gasteiger partial charge in [0.1, 0.15) is 6.61 Å². The summed E-state index contributed by atoms with van der Waals surface area (Å²) >= 11 is 5.84. The molecule has 0 saturated carbocycles. The average molecular weight is 258 g/mol. The smallest absolute Gasteiger partial charge is 0.411 e. The number of anilines is 1. The van der Waals surface area contributed by atoms with E-state index in [4.69, 9.17) is 21.1 Å². The number of carbonyl (C=O) groups excluding carboxylic acids is 1. The Morgan fingerprint density at radius 2 is 2.18 bits per heavy atom. The maximum atomic E-state index is 11.4. The van der Waals surface area contributed by atoms with Crippen LogP contribution in [0.1, 0.15) is 11.1 Å². The highest BCUT2D eigenvalue weighted by atomic mass is 35.5. The van der Waals surface area contributed by atoms with Gasteiger partial charge < -0.3 is 9.47 Å². The molecule has 0 aliphatic rings. The van der Waals surface area contributed by atoms with Crippen LogP contribution >= 0.6 is 11.6 Å². The number of nitrogens with one attached hydrogen (secondary N) is 1. The SMILES string of the molecule is COCCOC(=O)Nc1cccc(C)c1CCl. The lowest BCUT2D eigenvalue weighted by Crippen LogP contribution is -2.17. The third-order valence-electron chi connectivity index (χ3n) is 2.30. The van der Waals surface area contributed by atoms with Crippen LogP contribution in [0.5, 0.6) is 0 Å². The first-order chi connectivity index (χ1) is 8.19. The van der Waals surface area contributed by atoms with Crippen LogP contribution in [0, 0.1) is 6.92 Å². The molecule has 0 heterocycles. The summed E-state index contributed by atoms with van der Waals surface area (Å²) < 4.78 is 9.69. The predicted molar refractivity (Wildman–Crippen MR) is 67.6 cm³/mol. The molecular formula is C12H16ClNO3. The number of carbonyl (C=O) groups is 1. The highest BCUT2D eigenvalue weighted by molar-refractivity contribution is 6.17. The first-order valence-corrected chi connectivity index (χ1v) is 5.79. The summed E-state index contributed by atoms with van der Waals surface area (Å²) in [5.41, 5.74) is 2.62. The summed E-state index contributed by atoms with van der Waals surface area (Å²) in [7, 11) is 1.55. The first-order valence-electron chi connectivity index (χ1n) is 5.26. The molecule has 0 radical (unpaired) electrons. The molecule has 0 aliphatic heterocycles. The van der Waals surface area contributed by atoms with Crippen molar-refractivity contribution in [1.82, 2.24) is 0 Å². The number of methoxy groups -OCH3 is 1. The summed E-state index contributed by atoms with van der Waals surface area (Å²) in [6.07, 6.45) is -0.501. The monoisotopic (exact) mass is 257 g/mol. The van der Waals surface area contributed by atoms with Gasteiger partial charge in [0.2, 0.25) is 0 Å². The number of hydrogen-bond acceptors (Lipinski definition) is 3. The average Bonchev–Trinajstić information content (AvgIpc) is 2.29. The third kappa shape index (κ3) is 4.24. The van der Waals surface area contributed by atoms with Crippen molar-refractivity contribution in [3.63, 3.8) is 0 Å². The van der Waals surface area contributed by atoms with E-state index in [0.717, 1.165) is 11.1 Å². The predicted octanol–water partition coefficient (Wildman–Crippen LogP) is 2.93. The van der Waals surface area contributed by atoms with E-state index in [-0.39, 0.29) is 6.61 Å². The summed E-state index contributed by atoms with van der Waals surface area (Å²) in [5, 5.41) is 2.66. The van der Waals surface area contributed by atoms with Gasteiger partial charge >= 0.3 is 6.09 Å². The molecule has 1 aromatic rings. The highest BCUT2D eigenvalue weighted by Gasteiger charge is 2.08. The highest BCUT2D eigenvalue weighted by Crippen LogP contribution is 2.21. The second-order valence-electron chi connectivity index (χ2n) is 3.49. The number of ether oxygens (including phenoxy) is 2. The Morgan fingerprint density at radius 1 is 1.41 bits per heavy atom. The maximum absolute atomic E-state index is 11.4. The molecular weight excluding hydrogens is 242 g/mol. The zero-order valence-corrected chi connectivity index (χ0v) is 10.7. The van der Waals surface area contributed by atoms with Crippen LogP contribution in [0.25, 0.3) is 0 Å². The zero-order valence-electron chi connectivity index (χ0n) is 9.96. The normalized spacial score (nSPS) is 10.1. The first kappa shape index (κ1) is 13.8. The van der Waals surface area contributed by atoms with Crippen molar-refractivity contribution in [2.75, 3.05) is 25.6 Å². The van der Waals surface area contributed by atoms with Gasteiger partial charge in [-0.2, -0.15) is 0 Å². The fourth-order valence-corrected chi connectivity index (χ4v) is 1.72. The van der Waals surface area contributed by atoms with Crippen molar-refractivity contribution in [1.29, 1.82) is 0 Å². The van der Waals surface area contributed by atoms with Crippen molar-refractivity contribution in [2.45, 2.75) is 12.8 Å². The molecule has 4 nitrogen and oxygen atoms in total. The van der Waals surface area contributed by atoms with E-state index in [2.05, 4.69) is 5.32 Å². The van der Waals surface area contributed by atoms with Crippen LogP contribution in [-0.2, 0) is 15.4 Å². The molecule has 0 unspecified atom stereocenters. The minimum absolute atomic E-state index is 0.227. The van der Waals surface area contributed by atoms with Crippen molar-refractivity contribution in [3.8, 4) is 0 Å². The van der Waals surface area contributed by atoms with E-state index in [1.165, 1.54) is 0 Å². The minimum Gasteiger partial charge on any atom is -0.447 e. The number of rotatable bonds is 5. The van der Waals surface area contributed by atoms with E-state index < -0.39 is 6.09 Å². The molecule has 0 bridgehead atoms. The van der Waals surface area contributed by atoms with E-state index in [1.54, 1.807) is 13.2 Å². The number of amides is 1. The van der Waals surface area contributed by atoms with Crippen LogP contribution in [0.3, 0.4) is 0 Å². The number of aryl methyl sites for hydroxylation is 1. The van der Waals surface area contributed by atoms with E-state index >= 15 is 0 Å². The second kappa shape index (κ2) is 7.14. The van der Waals surface area contributed by atoms with Gasteiger partial charge in [0.25, 0.3) is 0 Å². The van der Waals surface area contributed by atoms with Crippen LogP contribution in [0.15, 0.2) is 18.2 Å². The summed E-state index contributed by atoms with van der Waals surface area (Å²) in [6.45, 7) is 2.55. The lowest BCUT2D eigenvalue weighted by Gasteiger charge is -2.11. The number of alkyl halides is 1. The third-order valence-corrected chi connectivity index (χ3v) is 2.57. The quantitative estimate of drug-likeness (QED) is 0.652. The Bertz CT molecular complexity index is 382. The van der Waals surface area contributed by atoms with Gasteiger partial charge in [-0.05, 0) is 24.1 Å². The zero-order chi connectivity index (χ0) is 12.7.